The minimum absolute atomic E-state index is 0.0173. The van der Waals surface area contributed by atoms with E-state index in [0.717, 1.165) is 31.2 Å². The summed E-state index contributed by atoms with van der Waals surface area (Å²) in [7, 11) is -1.66. The fraction of sp³-hybridized carbons (Fsp3) is 0.632. The number of sulfonamides is 1. The maximum Gasteiger partial charge on any atom is 0.243 e. The molecule has 1 atom stereocenters. The minimum Gasteiger partial charge on any atom is -0.342 e. The van der Waals surface area contributed by atoms with Crippen molar-refractivity contribution in [2.24, 2.45) is 5.73 Å². The molecule has 1 amide bonds. The zero-order valence-corrected chi connectivity index (χ0v) is 16.7. The average molecular weight is 382 g/mol. The summed E-state index contributed by atoms with van der Waals surface area (Å²) < 4.78 is 27.1. The van der Waals surface area contributed by atoms with Gasteiger partial charge in [-0.25, -0.2) is 8.42 Å². The second kappa shape index (κ2) is 9.48. The number of hydrogen-bond donors (Lipinski definition) is 1. The number of benzene rings is 1. The molecule has 146 valence electrons. The summed E-state index contributed by atoms with van der Waals surface area (Å²) in [6.45, 7) is 3.56. The predicted molar refractivity (Wildman–Crippen MR) is 103 cm³/mol. The summed E-state index contributed by atoms with van der Waals surface area (Å²) in [5.41, 5.74) is 6.55. The van der Waals surface area contributed by atoms with Crippen LogP contribution in [0.2, 0.25) is 0 Å². The third-order valence-corrected chi connectivity index (χ3v) is 7.06. The molecular weight excluding hydrogens is 350 g/mol. The standard InChI is InChI=1S/C19H31N3O3S/c1-16(15-20)21(2)19(23)12-9-17-7-10-18(11-8-17)26(24,25)22-13-5-3-4-6-14-22/h7-8,10-11,16H,3-6,9,12-15,20H2,1-2H3. The number of carbonyl (C=O) groups is 1. The molecule has 2 rings (SSSR count). The topological polar surface area (TPSA) is 83.7 Å². The Morgan fingerprint density at radius 1 is 1.15 bits per heavy atom. The molecule has 1 aliphatic heterocycles. The molecule has 6 nitrogen and oxygen atoms in total. The highest BCUT2D eigenvalue weighted by atomic mass is 32.2. The third kappa shape index (κ3) is 5.28. The lowest BCUT2D eigenvalue weighted by atomic mass is 10.1. The molecule has 0 saturated carbocycles. The first-order chi connectivity index (χ1) is 12.4. The number of nitrogens with two attached hydrogens (primary N) is 1. The molecule has 0 aromatic heterocycles. The van der Waals surface area contributed by atoms with Gasteiger partial charge < -0.3 is 10.6 Å². The third-order valence-electron chi connectivity index (χ3n) is 5.15. The maximum atomic E-state index is 12.8. The van der Waals surface area contributed by atoms with Crippen molar-refractivity contribution >= 4 is 15.9 Å². The van der Waals surface area contributed by atoms with Crippen molar-refractivity contribution in [3.8, 4) is 0 Å². The Balaban J connectivity index is 1.98. The Bertz CT molecular complexity index is 680. The normalized spacial score (nSPS) is 17.5. The molecule has 7 heteroatoms. The molecule has 1 heterocycles. The second-order valence-corrected chi connectivity index (χ2v) is 8.99. The van der Waals surface area contributed by atoms with Gasteiger partial charge in [-0.05, 0) is 43.9 Å². The lowest BCUT2D eigenvalue weighted by molar-refractivity contribution is -0.131. The van der Waals surface area contributed by atoms with Crippen molar-refractivity contribution in [2.45, 2.75) is 56.4 Å². The van der Waals surface area contributed by atoms with Crippen LogP contribution in [0.1, 0.15) is 44.6 Å². The lowest BCUT2D eigenvalue weighted by Gasteiger charge is -2.23. The molecule has 0 radical (unpaired) electrons. The highest BCUT2D eigenvalue weighted by Gasteiger charge is 2.25. The maximum absolute atomic E-state index is 12.8. The van der Waals surface area contributed by atoms with Gasteiger partial charge in [0.25, 0.3) is 0 Å². The van der Waals surface area contributed by atoms with Crippen LogP contribution in [0.25, 0.3) is 0 Å². The molecule has 1 aromatic rings. The predicted octanol–water partition coefficient (Wildman–Crippen LogP) is 1.99. The van der Waals surface area contributed by atoms with E-state index in [1.54, 1.807) is 28.4 Å². The SMILES string of the molecule is CC(CN)N(C)C(=O)CCc1ccc(S(=O)(=O)N2CCCCCC2)cc1. The first-order valence-electron chi connectivity index (χ1n) is 9.41. The smallest absolute Gasteiger partial charge is 0.243 e. The van der Waals surface area contributed by atoms with Gasteiger partial charge in [-0.15, -0.1) is 0 Å². The summed E-state index contributed by atoms with van der Waals surface area (Å²) in [5.74, 6) is 0.0456. The van der Waals surface area contributed by atoms with Crippen LogP contribution in [0, 0.1) is 0 Å². The van der Waals surface area contributed by atoms with Crippen LogP contribution in [0.4, 0.5) is 0 Å². The van der Waals surface area contributed by atoms with E-state index in [1.165, 1.54) is 0 Å². The molecule has 1 fully saturated rings. The number of aryl methyl sites for hydroxylation is 1. The van der Waals surface area contributed by atoms with Crippen molar-refractivity contribution in [3.63, 3.8) is 0 Å². The van der Waals surface area contributed by atoms with Crippen LogP contribution in [0.3, 0.4) is 0 Å². The van der Waals surface area contributed by atoms with Gasteiger partial charge >= 0.3 is 0 Å². The number of amides is 1. The van der Waals surface area contributed by atoms with Gasteiger partial charge in [0.1, 0.15) is 0 Å². The fourth-order valence-corrected chi connectivity index (χ4v) is 4.61. The van der Waals surface area contributed by atoms with E-state index in [4.69, 9.17) is 5.73 Å². The van der Waals surface area contributed by atoms with Crippen molar-refractivity contribution in [1.29, 1.82) is 0 Å². The number of rotatable bonds is 7. The highest BCUT2D eigenvalue weighted by molar-refractivity contribution is 7.89. The van der Waals surface area contributed by atoms with E-state index in [9.17, 15) is 13.2 Å². The van der Waals surface area contributed by atoms with Crippen molar-refractivity contribution in [2.75, 3.05) is 26.7 Å². The Hall–Kier alpha value is -1.44. The number of hydrogen-bond acceptors (Lipinski definition) is 4. The van der Waals surface area contributed by atoms with Crippen LogP contribution in [0.15, 0.2) is 29.2 Å². The largest absolute Gasteiger partial charge is 0.342 e. The Morgan fingerprint density at radius 3 is 2.27 bits per heavy atom. The molecule has 1 saturated heterocycles. The Labute approximate surface area is 157 Å². The van der Waals surface area contributed by atoms with Gasteiger partial charge in [0, 0.05) is 39.1 Å². The Kier molecular flexibility index (Phi) is 7.61. The van der Waals surface area contributed by atoms with Crippen molar-refractivity contribution in [3.05, 3.63) is 29.8 Å². The summed E-state index contributed by atoms with van der Waals surface area (Å²) in [6.07, 6.45) is 5.01. The number of likely N-dealkylation sites (N-methyl/N-ethyl adjacent to an activating group) is 1. The van der Waals surface area contributed by atoms with E-state index < -0.39 is 10.0 Å². The van der Waals surface area contributed by atoms with E-state index in [1.807, 2.05) is 19.1 Å². The summed E-state index contributed by atoms with van der Waals surface area (Å²) in [4.78, 5) is 14.2. The highest BCUT2D eigenvalue weighted by Crippen LogP contribution is 2.21. The van der Waals surface area contributed by atoms with Gasteiger partial charge in [-0.2, -0.15) is 4.31 Å². The van der Waals surface area contributed by atoms with Gasteiger partial charge in [0.15, 0.2) is 0 Å². The molecule has 1 unspecified atom stereocenters. The van der Waals surface area contributed by atoms with Gasteiger partial charge in [0.05, 0.1) is 4.90 Å². The van der Waals surface area contributed by atoms with Crippen LogP contribution in [-0.2, 0) is 21.2 Å². The Morgan fingerprint density at radius 2 is 1.73 bits per heavy atom. The van der Waals surface area contributed by atoms with E-state index in [-0.39, 0.29) is 11.9 Å². The summed E-state index contributed by atoms with van der Waals surface area (Å²) in [5, 5.41) is 0. The summed E-state index contributed by atoms with van der Waals surface area (Å²) in [6, 6.07) is 6.95. The zero-order valence-electron chi connectivity index (χ0n) is 15.9. The molecule has 1 aromatic carbocycles. The van der Waals surface area contributed by atoms with Crippen LogP contribution >= 0.6 is 0 Å². The molecule has 0 aliphatic carbocycles. The van der Waals surface area contributed by atoms with E-state index in [0.29, 0.717) is 37.4 Å². The molecule has 0 spiro atoms. The van der Waals surface area contributed by atoms with Gasteiger partial charge in [-0.1, -0.05) is 25.0 Å². The quantitative estimate of drug-likeness (QED) is 0.783. The molecule has 1 aliphatic rings. The monoisotopic (exact) mass is 381 g/mol. The number of carbonyl (C=O) groups excluding carboxylic acids is 1. The summed E-state index contributed by atoms with van der Waals surface area (Å²) >= 11 is 0. The van der Waals surface area contributed by atoms with Crippen LogP contribution in [0.5, 0.6) is 0 Å². The second-order valence-electron chi connectivity index (χ2n) is 7.05. The van der Waals surface area contributed by atoms with Crippen LogP contribution < -0.4 is 5.73 Å². The van der Waals surface area contributed by atoms with E-state index >= 15 is 0 Å². The van der Waals surface area contributed by atoms with E-state index in [2.05, 4.69) is 0 Å². The first kappa shape index (κ1) is 20.9. The first-order valence-corrected chi connectivity index (χ1v) is 10.8. The van der Waals surface area contributed by atoms with Gasteiger partial charge in [0.2, 0.25) is 15.9 Å². The molecular formula is C19H31N3O3S. The fourth-order valence-electron chi connectivity index (χ4n) is 3.09. The average Bonchev–Trinajstić information content (AvgIpc) is 2.95. The molecule has 0 bridgehead atoms. The number of nitrogens with zero attached hydrogens (tertiary/aromatic N) is 2. The zero-order chi connectivity index (χ0) is 19.2. The molecule has 2 N–H and O–H groups in total. The molecule has 26 heavy (non-hydrogen) atoms. The van der Waals surface area contributed by atoms with Crippen molar-refractivity contribution < 1.29 is 13.2 Å². The lowest BCUT2D eigenvalue weighted by Crippen LogP contribution is -2.39. The van der Waals surface area contributed by atoms with Crippen LogP contribution in [-0.4, -0.2) is 56.3 Å². The minimum atomic E-state index is -3.42. The van der Waals surface area contributed by atoms with Crippen molar-refractivity contribution in [1.82, 2.24) is 9.21 Å². The van der Waals surface area contributed by atoms with Gasteiger partial charge in [-0.3, -0.25) is 4.79 Å².